The monoisotopic (exact) mass is 503 g/mol. The fourth-order valence-corrected chi connectivity index (χ4v) is 4.26. The third-order valence-electron chi connectivity index (χ3n) is 6.09. The van der Waals surface area contributed by atoms with Crippen LogP contribution in [-0.2, 0) is 30.4 Å². The molecule has 1 aliphatic rings. The Morgan fingerprint density at radius 3 is 2.28 bits per heavy atom. The molecule has 0 saturated carbocycles. The molecule has 0 radical (unpaired) electrons. The van der Waals surface area contributed by atoms with E-state index in [0.29, 0.717) is 19.3 Å². The van der Waals surface area contributed by atoms with Crippen LogP contribution in [0.15, 0.2) is 30.3 Å². The van der Waals surface area contributed by atoms with Crippen LogP contribution in [0, 0.1) is 5.92 Å². The van der Waals surface area contributed by atoms with E-state index in [2.05, 4.69) is 10.6 Å². The van der Waals surface area contributed by atoms with E-state index in [4.69, 9.17) is 11.5 Å². The van der Waals surface area contributed by atoms with Gasteiger partial charge in [0, 0.05) is 19.4 Å². The van der Waals surface area contributed by atoms with Crippen molar-refractivity contribution in [2.45, 2.75) is 76.5 Å². The first kappa shape index (κ1) is 28.8. The number of carboxylic acid groups (broad SMARTS) is 1. The quantitative estimate of drug-likeness (QED) is 0.249. The number of rotatable bonds is 13. The van der Waals surface area contributed by atoms with Crippen molar-refractivity contribution in [3.05, 3.63) is 35.9 Å². The summed E-state index contributed by atoms with van der Waals surface area (Å²) < 4.78 is 0. The highest BCUT2D eigenvalue weighted by Crippen LogP contribution is 2.20. The van der Waals surface area contributed by atoms with Gasteiger partial charge in [-0.1, -0.05) is 44.2 Å². The molecule has 198 valence electrons. The number of nitrogens with two attached hydrogens (primary N) is 2. The van der Waals surface area contributed by atoms with E-state index in [1.54, 1.807) is 24.3 Å². The van der Waals surface area contributed by atoms with Gasteiger partial charge in [0.15, 0.2) is 0 Å². The second-order valence-electron chi connectivity index (χ2n) is 9.58. The fraction of sp³-hybridized carbons (Fsp3) is 0.560. The summed E-state index contributed by atoms with van der Waals surface area (Å²) in [4.78, 5) is 63.5. The Labute approximate surface area is 211 Å². The Kier molecular flexibility index (Phi) is 10.8. The number of likely N-dealkylation sites (tertiary alicyclic amines) is 1. The minimum Gasteiger partial charge on any atom is -0.480 e. The molecule has 4 amide bonds. The average Bonchev–Trinajstić information content (AvgIpc) is 3.31. The fourth-order valence-electron chi connectivity index (χ4n) is 4.26. The van der Waals surface area contributed by atoms with Crippen molar-refractivity contribution in [3.63, 3.8) is 0 Å². The van der Waals surface area contributed by atoms with E-state index in [1.165, 1.54) is 4.90 Å². The minimum atomic E-state index is -1.18. The van der Waals surface area contributed by atoms with Gasteiger partial charge in [0.1, 0.15) is 18.1 Å². The summed E-state index contributed by atoms with van der Waals surface area (Å²) in [7, 11) is 0. The van der Waals surface area contributed by atoms with Crippen molar-refractivity contribution < 1.29 is 29.1 Å². The molecule has 7 N–H and O–H groups in total. The number of nitrogens with one attached hydrogen (secondary N) is 2. The number of amides is 4. The van der Waals surface area contributed by atoms with Crippen LogP contribution < -0.4 is 22.1 Å². The van der Waals surface area contributed by atoms with E-state index in [-0.39, 0.29) is 31.7 Å². The molecule has 36 heavy (non-hydrogen) atoms. The summed E-state index contributed by atoms with van der Waals surface area (Å²) in [5, 5.41) is 14.8. The number of carbonyl (C=O) groups is 5. The first-order chi connectivity index (χ1) is 17.0. The zero-order valence-corrected chi connectivity index (χ0v) is 20.8. The van der Waals surface area contributed by atoms with Gasteiger partial charge in [0.2, 0.25) is 23.6 Å². The van der Waals surface area contributed by atoms with Crippen molar-refractivity contribution >= 4 is 29.6 Å². The van der Waals surface area contributed by atoms with E-state index >= 15 is 0 Å². The van der Waals surface area contributed by atoms with Gasteiger partial charge >= 0.3 is 5.97 Å². The Morgan fingerprint density at radius 1 is 1.06 bits per heavy atom. The summed E-state index contributed by atoms with van der Waals surface area (Å²) in [5.41, 5.74) is 12.0. The molecule has 4 unspecified atom stereocenters. The molecule has 11 nitrogen and oxygen atoms in total. The van der Waals surface area contributed by atoms with Gasteiger partial charge in [0.05, 0.1) is 6.04 Å². The molecule has 11 heteroatoms. The lowest BCUT2D eigenvalue weighted by atomic mass is 10.0. The number of benzene rings is 1. The molecule has 0 aliphatic carbocycles. The average molecular weight is 504 g/mol. The van der Waals surface area contributed by atoms with Gasteiger partial charge in [-0.05, 0) is 37.2 Å². The van der Waals surface area contributed by atoms with Crippen LogP contribution in [0.25, 0.3) is 0 Å². The smallest absolute Gasteiger partial charge is 0.326 e. The lowest BCUT2D eigenvalue weighted by molar-refractivity contribution is -0.149. The number of carboxylic acids is 1. The highest BCUT2D eigenvalue weighted by molar-refractivity contribution is 5.94. The Morgan fingerprint density at radius 2 is 1.69 bits per heavy atom. The SMILES string of the molecule is CC(C)CC(N)C(=O)NC(Cc1ccccc1)C(=O)NC(CCC(N)=O)C(=O)N1CCCC1C(=O)O. The van der Waals surface area contributed by atoms with Crippen molar-refractivity contribution in [2.24, 2.45) is 17.4 Å². The van der Waals surface area contributed by atoms with E-state index in [0.717, 1.165) is 5.56 Å². The molecule has 4 atom stereocenters. The first-order valence-electron chi connectivity index (χ1n) is 12.2. The first-order valence-corrected chi connectivity index (χ1v) is 12.2. The number of primary amides is 1. The number of hydrogen-bond acceptors (Lipinski definition) is 6. The summed E-state index contributed by atoms with van der Waals surface area (Å²) >= 11 is 0. The molecule has 1 aromatic carbocycles. The van der Waals surface area contributed by atoms with Gasteiger partial charge in [-0.3, -0.25) is 19.2 Å². The summed E-state index contributed by atoms with van der Waals surface area (Å²) in [6, 6.07) is 4.99. The topological polar surface area (TPSA) is 185 Å². The molecule has 1 fully saturated rings. The number of carbonyl (C=O) groups excluding carboxylic acids is 4. The van der Waals surface area contributed by atoms with Crippen molar-refractivity contribution in [2.75, 3.05) is 6.54 Å². The van der Waals surface area contributed by atoms with E-state index < -0.39 is 53.8 Å². The maximum absolute atomic E-state index is 13.3. The van der Waals surface area contributed by atoms with Crippen LogP contribution in [0.5, 0.6) is 0 Å². The molecular weight excluding hydrogens is 466 g/mol. The normalized spacial score (nSPS) is 17.8. The highest BCUT2D eigenvalue weighted by Gasteiger charge is 2.38. The zero-order chi connectivity index (χ0) is 26.8. The highest BCUT2D eigenvalue weighted by atomic mass is 16.4. The van der Waals surface area contributed by atoms with Crippen LogP contribution in [0.2, 0.25) is 0 Å². The zero-order valence-electron chi connectivity index (χ0n) is 20.8. The van der Waals surface area contributed by atoms with Crippen molar-refractivity contribution in [3.8, 4) is 0 Å². The summed E-state index contributed by atoms with van der Waals surface area (Å²) in [6.07, 6.45) is 1.11. The Bertz CT molecular complexity index is 938. The molecule has 1 saturated heterocycles. The van der Waals surface area contributed by atoms with E-state index in [9.17, 15) is 29.1 Å². The van der Waals surface area contributed by atoms with Gasteiger partial charge in [-0.25, -0.2) is 4.79 Å². The standard InChI is InChI=1S/C25H37N5O6/c1-15(2)13-17(26)22(32)29-19(14-16-7-4-3-5-8-16)23(33)28-18(10-11-21(27)31)24(34)30-12-6-9-20(30)25(35)36/h3-5,7-8,15,17-20H,6,9-14,26H2,1-2H3,(H2,27,31)(H,28,33)(H,29,32)(H,35,36). The van der Waals surface area contributed by atoms with E-state index in [1.807, 2.05) is 19.9 Å². The van der Waals surface area contributed by atoms with Crippen molar-refractivity contribution in [1.82, 2.24) is 15.5 Å². The van der Waals surface area contributed by atoms with Crippen LogP contribution in [0.1, 0.15) is 51.5 Å². The van der Waals surface area contributed by atoms with Gasteiger partial charge < -0.3 is 32.1 Å². The van der Waals surface area contributed by atoms with Crippen molar-refractivity contribution in [1.29, 1.82) is 0 Å². The van der Waals surface area contributed by atoms with Gasteiger partial charge in [0.25, 0.3) is 0 Å². The predicted molar refractivity (Wildman–Crippen MR) is 132 cm³/mol. The maximum Gasteiger partial charge on any atom is 0.326 e. The number of aliphatic carboxylic acids is 1. The van der Waals surface area contributed by atoms with Crippen LogP contribution in [0.3, 0.4) is 0 Å². The molecule has 0 aromatic heterocycles. The number of hydrogen-bond donors (Lipinski definition) is 5. The van der Waals surface area contributed by atoms with Crippen LogP contribution >= 0.6 is 0 Å². The third-order valence-corrected chi connectivity index (χ3v) is 6.09. The Balaban J connectivity index is 2.24. The summed E-state index contributed by atoms with van der Waals surface area (Å²) in [5.74, 6) is -3.36. The molecule has 1 aromatic rings. The maximum atomic E-state index is 13.3. The largest absolute Gasteiger partial charge is 0.480 e. The molecule has 0 spiro atoms. The lowest BCUT2D eigenvalue weighted by Crippen LogP contribution is -2.57. The molecule has 1 aliphatic heterocycles. The number of nitrogens with zero attached hydrogens (tertiary/aromatic N) is 1. The second kappa shape index (κ2) is 13.6. The second-order valence-corrected chi connectivity index (χ2v) is 9.58. The molecule has 1 heterocycles. The molecule has 2 rings (SSSR count). The van der Waals surface area contributed by atoms with Crippen LogP contribution in [-0.4, -0.2) is 70.3 Å². The third kappa shape index (κ3) is 8.63. The molecular formula is C25H37N5O6. The van der Waals surface area contributed by atoms with Crippen LogP contribution in [0.4, 0.5) is 0 Å². The Hall–Kier alpha value is -3.47. The minimum absolute atomic E-state index is 0.0956. The lowest BCUT2D eigenvalue weighted by Gasteiger charge is -2.29. The summed E-state index contributed by atoms with van der Waals surface area (Å²) in [6.45, 7) is 4.09. The molecule has 0 bridgehead atoms. The van der Waals surface area contributed by atoms with Gasteiger partial charge in [-0.15, -0.1) is 0 Å². The predicted octanol–water partition coefficient (Wildman–Crippen LogP) is -0.0868. The van der Waals surface area contributed by atoms with Gasteiger partial charge in [-0.2, -0.15) is 0 Å².